The Morgan fingerprint density at radius 2 is 1.47 bits per heavy atom. The number of carbonyl (C=O) groups excluding carboxylic acids is 2. The first-order valence-corrected chi connectivity index (χ1v) is 12.0. The second kappa shape index (κ2) is 9.27. The van der Waals surface area contributed by atoms with E-state index in [1.165, 1.54) is 42.7 Å². The monoisotopic (exact) mass is 476 g/mol. The minimum absolute atomic E-state index is 0.0447. The van der Waals surface area contributed by atoms with Gasteiger partial charge in [0.05, 0.1) is 36.2 Å². The average Bonchev–Trinajstić information content (AvgIpc) is 3.30. The Morgan fingerprint density at radius 1 is 0.938 bits per heavy atom. The Hall–Kier alpha value is -2.95. The molecule has 0 saturated heterocycles. The van der Waals surface area contributed by atoms with E-state index in [9.17, 15) is 18.0 Å². The largest absolute Gasteiger partial charge is 0.466 e. The quantitative estimate of drug-likeness (QED) is 0.639. The first kappa shape index (κ1) is 23.7. The number of nitrogens with zero attached hydrogens (tertiary/aromatic N) is 1. The fourth-order valence-electron chi connectivity index (χ4n) is 3.57. The van der Waals surface area contributed by atoms with Crippen molar-refractivity contribution in [2.24, 2.45) is 0 Å². The first-order valence-electron chi connectivity index (χ1n) is 9.63. The fourth-order valence-corrected chi connectivity index (χ4v) is 5.53. The van der Waals surface area contributed by atoms with Crippen LogP contribution in [0, 0.1) is 6.92 Å². The van der Waals surface area contributed by atoms with Crippen molar-refractivity contribution in [1.29, 1.82) is 0 Å². The van der Waals surface area contributed by atoms with Crippen molar-refractivity contribution in [3.05, 3.63) is 74.8 Å². The number of carbonyl (C=O) groups is 2. The molecule has 1 aliphatic rings. The topological polar surface area (TPSA) is 102 Å². The molecule has 170 valence electrons. The number of hydrogen-bond donors (Lipinski definition) is 1. The Morgan fingerprint density at radius 3 is 1.91 bits per heavy atom. The van der Waals surface area contributed by atoms with Gasteiger partial charge in [-0.1, -0.05) is 23.8 Å². The molecular formula is C22H24N2O6S2. The van der Waals surface area contributed by atoms with Crippen LogP contribution in [0.3, 0.4) is 0 Å². The molecule has 2 heterocycles. The number of allylic oxidation sites excluding steroid dienone is 2. The number of methoxy groups -OCH3 is 2. The van der Waals surface area contributed by atoms with Crippen molar-refractivity contribution in [1.82, 2.24) is 9.84 Å². The molecule has 0 amide bonds. The molecule has 1 N–H and O–H groups in total. The number of aryl methyl sites for hydroxylation is 1. The standard InChI is InChI=1S/C22H24N2O6S2/c1-13-8-10-16(11-9-13)32(27,28)23-24-14(2)18(21(25)29-4)20(17-7-6-12-31-17)19(15(24)3)22(26)30-5/h6-12,20,23H,1-5H3. The molecule has 10 heteroatoms. The number of hydrazine groups is 1. The van der Waals surface area contributed by atoms with Gasteiger partial charge in [-0.05, 0) is 44.4 Å². The minimum Gasteiger partial charge on any atom is -0.466 e. The van der Waals surface area contributed by atoms with Gasteiger partial charge in [-0.2, -0.15) is 0 Å². The van der Waals surface area contributed by atoms with Crippen molar-refractivity contribution < 1.29 is 27.5 Å². The molecule has 1 aromatic carbocycles. The predicted molar refractivity (Wildman–Crippen MR) is 120 cm³/mol. The highest BCUT2D eigenvalue weighted by atomic mass is 32.2. The number of hydrogen-bond acceptors (Lipinski definition) is 8. The van der Waals surface area contributed by atoms with Gasteiger partial charge < -0.3 is 9.47 Å². The SMILES string of the molecule is COC(=O)C1=C(C)N(NS(=O)(=O)c2ccc(C)cc2)C(C)=C(C(=O)OC)C1c1cccs1. The third-order valence-corrected chi connectivity index (χ3v) is 7.46. The summed E-state index contributed by atoms with van der Waals surface area (Å²) < 4.78 is 36.1. The van der Waals surface area contributed by atoms with Gasteiger partial charge in [-0.3, -0.25) is 5.01 Å². The number of nitrogens with one attached hydrogen (secondary N) is 1. The summed E-state index contributed by atoms with van der Waals surface area (Å²) in [6.07, 6.45) is 0. The maximum atomic E-state index is 13.1. The van der Waals surface area contributed by atoms with Gasteiger partial charge in [0.1, 0.15) is 0 Å². The van der Waals surface area contributed by atoms with E-state index < -0.39 is 27.9 Å². The van der Waals surface area contributed by atoms with Gasteiger partial charge in [-0.25, -0.2) is 18.0 Å². The molecule has 0 radical (unpaired) electrons. The summed E-state index contributed by atoms with van der Waals surface area (Å²) >= 11 is 1.37. The van der Waals surface area contributed by atoms with E-state index >= 15 is 0 Å². The third-order valence-electron chi connectivity index (χ3n) is 5.21. The van der Waals surface area contributed by atoms with Crippen LogP contribution in [0.1, 0.15) is 30.2 Å². The lowest BCUT2D eigenvalue weighted by Crippen LogP contribution is -2.45. The number of thiophene rings is 1. The highest BCUT2D eigenvalue weighted by Gasteiger charge is 2.41. The van der Waals surface area contributed by atoms with E-state index in [4.69, 9.17) is 9.47 Å². The van der Waals surface area contributed by atoms with Crippen LogP contribution < -0.4 is 4.83 Å². The summed E-state index contributed by atoms with van der Waals surface area (Å²) in [5.74, 6) is -2.10. The van der Waals surface area contributed by atoms with Crippen LogP contribution in [-0.2, 0) is 29.1 Å². The number of benzene rings is 1. The Balaban J connectivity index is 2.19. The number of ether oxygens (including phenoxy) is 2. The summed E-state index contributed by atoms with van der Waals surface area (Å²) in [5.41, 5.74) is 1.81. The van der Waals surface area contributed by atoms with Gasteiger partial charge in [0.25, 0.3) is 10.0 Å². The lowest BCUT2D eigenvalue weighted by atomic mass is 9.84. The second-order valence-electron chi connectivity index (χ2n) is 7.17. The second-order valence-corrected chi connectivity index (χ2v) is 9.81. The van der Waals surface area contributed by atoms with E-state index in [-0.39, 0.29) is 16.0 Å². The number of esters is 2. The summed E-state index contributed by atoms with van der Waals surface area (Å²) in [6, 6.07) is 9.94. The lowest BCUT2D eigenvalue weighted by Gasteiger charge is -2.36. The maximum Gasteiger partial charge on any atom is 0.336 e. The zero-order valence-corrected chi connectivity index (χ0v) is 20.0. The molecule has 0 fully saturated rings. The normalized spacial score (nSPS) is 15.2. The average molecular weight is 477 g/mol. The Labute approximate surface area is 191 Å². The van der Waals surface area contributed by atoms with E-state index in [0.717, 1.165) is 10.4 Å². The predicted octanol–water partition coefficient (Wildman–Crippen LogP) is 3.24. The molecule has 0 aliphatic carbocycles. The molecule has 1 aliphatic heterocycles. The van der Waals surface area contributed by atoms with E-state index in [2.05, 4.69) is 4.83 Å². The molecule has 2 aromatic rings. The Kier molecular flexibility index (Phi) is 6.87. The molecule has 32 heavy (non-hydrogen) atoms. The van der Waals surface area contributed by atoms with E-state index in [0.29, 0.717) is 11.4 Å². The first-order chi connectivity index (χ1) is 15.1. The maximum absolute atomic E-state index is 13.1. The minimum atomic E-state index is -4.02. The number of rotatable bonds is 6. The third kappa shape index (κ3) is 4.34. The van der Waals surface area contributed by atoms with Crippen LogP contribution in [0.25, 0.3) is 0 Å². The molecular weight excluding hydrogens is 452 g/mol. The van der Waals surface area contributed by atoms with Crippen LogP contribution in [0.5, 0.6) is 0 Å². The van der Waals surface area contributed by atoms with Gasteiger partial charge in [0, 0.05) is 16.3 Å². The lowest BCUT2D eigenvalue weighted by molar-refractivity contribution is -0.137. The van der Waals surface area contributed by atoms with Crippen molar-refractivity contribution in [3.8, 4) is 0 Å². The van der Waals surface area contributed by atoms with Crippen LogP contribution >= 0.6 is 11.3 Å². The van der Waals surface area contributed by atoms with E-state index in [1.807, 2.05) is 12.3 Å². The molecule has 0 bridgehead atoms. The molecule has 8 nitrogen and oxygen atoms in total. The van der Waals surface area contributed by atoms with Crippen molar-refractivity contribution >= 4 is 33.3 Å². The summed E-state index contributed by atoms with van der Waals surface area (Å²) in [7, 11) is -1.55. The molecule has 1 aromatic heterocycles. The Bertz CT molecular complexity index is 1160. The smallest absolute Gasteiger partial charge is 0.336 e. The van der Waals surface area contributed by atoms with Gasteiger partial charge >= 0.3 is 11.9 Å². The fraction of sp³-hybridized carbons (Fsp3) is 0.273. The van der Waals surface area contributed by atoms with Crippen LogP contribution in [-0.4, -0.2) is 39.6 Å². The van der Waals surface area contributed by atoms with Crippen LogP contribution in [0.2, 0.25) is 0 Å². The highest BCUT2D eigenvalue weighted by Crippen LogP contribution is 2.43. The van der Waals surface area contributed by atoms with Crippen molar-refractivity contribution in [2.75, 3.05) is 14.2 Å². The molecule has 3 rings (SSSR count). The number of sulfonamides is 1. The van der Waals surface area contributed by atoms with Gasteiger partial charge in [0.2, 0.25) is 0 Å². The van der Waals surface area contributed by atoms with Crippen LogP contribution in [0.4, 0.5) is 0 Å². The zero-order chi connectivity index (χ0) is 23.6. The summed E-state index contributed by atoms with van der Waals surface area (Å²) in [6.45, 7) is 5.05. The highest BCUT2D eigenvalue weighted by molar-refractivity contribution is 7.89. The van der Waals surface area contributed by atoms with Gasteiger partial charge in [0.15, 0.2) is 0 Å². The van der Waals surface area contributed by atoms with Crippen molar-refractivity contribution in [2.45, 2.75) is 31.6 Å². The summed E-state index contributed by atoms with van der Waals surface area (Å²) in [5, 5.41) is 3.05. The molecule has 0 spiro atoms. The van der Waals surface area contributed by atoms with Crippen LogP contribution in [0.15, 0.2) is 69.2 Å². The summed E-state index contributed by atoms with van der Waals surface area (Å²) in [4.78, 5) is 28.9. The zero-order valence-electron chi connectivity index (χ0n) is 18.3. The molecule has 0 unspecified atom stereocenters. The van der Waals surface area contributed by atoms with Crippen molar-refractivity contribution in [3.63, 3.8) is 0 Å². The van der Waals surface area contributed by atoms with Gasteiger partial charge in [-0.15, -0.1) is 16.2 Å². The molecule has 0 atom stereocenters. The molecule has 0 saturated carbocycles. The van der Waals surface area contributed by atoms with E-state index in [1.54, 1.807) is 38.1 Å².